The fourth-order valence-electron chi connectivity index (χ4n) is 0.302. The van der Waals surface area contributed by atoms with Gasteiger partial charge in [-0.15, -0.1) is 0 Å². The number of carbonyl (C=O) groups is 2. The molecule has 2 amide bonds. The first-order chi connectivity index (χ1) is 5.02. The topological polar surface area (TPSA) is 111 Å². The van der Waals surface area contributed by atoms with Crippen molar-refractivity contribution in [3.63, 3.8) is 0 Å². The molecule has 0 atom stereocenters. The van der Waals surface area contributed by atoms with E-state index in [1.54, 1.807) is 0 Å². The molecule has 0 bridgehead atoms. The Balaban J connectivity index is 3.71. The summed E-state index contributed by atoms with van der Waals surface area (Å²) in [4.78, 5) is 23.6. The zero-order valence-corrected chi connectivity index (χ0v) is 6.26. The summed E-state index contributed by atoms with van der Waals surface area (Å²) in [6.07, 6.45) is 0. The third kappa shape index (κ3) is 6.59. The van der Waals surface area contributed by atoms with Crippen LogP contribution in [-0.2, 0) is 4.79 Å². The lowest BCUT2D eigenvalue weighted by atomic mass is 10.7. The summed E-state index contributed by atoms with van der Waals surface area (Å²) in [7, 11) is 0. The molecule has 0 aliphatic rings. The first kappa shape index (κ1) is 9.70. The van der Waals surface area contributed by atoms with Crippen LogP contribution < -0.4 is 16.8 Å². The number of hydrogen-bond donors (Lipinski definition) is 3. The lowest BCUT2D eigenvalue weighted by Crippen LogP contribution is -2.30. The van der Waals surface area contributed by atoms with Crippen molar-refractivity contribution < 1.29 is 9.59 Å². The highest BCUT2D eigenvalue weighted by Crippen LogP contribution is 1.77. The van der Waals surface area contributed by atoms with E-state index in [4.69, 9.17) is 23.1 Å². The number of rotatable bonds is 2. The fourth-order valence-corrected chi connectivity index (χ4v) is 0.369. The highest BCUT2D eigenvalue weighted by atomic mass is 35.5. The largest absolute Gasteiger partial charge is 0.370 e. The summed E-state index contributed by atoms with van der Waals surface area (Å²) in [5.74, 6) is -0.371. The Labute approximate surface area is 67.6 Å². The zero-order chi connectivity index (χ0) is 8.85. The van der Waals surface area contributed by atoms with Gasteiger partial charge in [-0.3, -0.25) is 4.79 Å². The monoisotopic (exact) mass is 178 g/mol. The van der Waals surface area contributed by atoms with Crippen LogP contribution in [0.25, 0.3) is 0 Å². The quantitative estimate of drug-likeness (QED) is 0.278. The van der Waals surface area contributed by atoms with Crippen LogP contribution in [0.4, 0.5) is 4.79 Å². The molecule has 62 valence electrons. The third-order valence-corrected chi connectivity index (χ3v) is 0.743. The first-order valence-corrected chi connectivity index (χ1v) is 2.96. The van der Waals surface area contributed by atoms with Crippen molar-refractivity contribution in [3.8, 4) is 0 Å². The molecule has 6 nitrogen and oxygen atoms in total. The molecular weight excluding hydrogens is 172 g/mol. The average molecular weight is 179 g/mol. The van der Waals surface area contributed by atoms with Gasteiger partial charge in [0.1, 0.15) is 0 Å². The second-order valence-corrected chi connectivity index (χ2v) is 1.97. The van der Waals surface area contributed by atoms with Gasteiger partial charge in [0.05, 0.1) is 6.54 Å². The predicted octanol–water partition coefficient (Wildman–Crippen LogP) is -1.27. The molecule has 11 heavy (non-hydrogen) atoms. The fraction of sp³-hybridized carbons (Fsp3) is 0.250. The molecule has 0 saturated carbocycles. The summed E-state index contributed by atoms with van der Waals surface area (Å²) in [6.45, 7) is -0.294. The van der Waals surface area contributed by atoms with Gasteiger partial charge in [0, 0.05) is 0 Å². The van der Waals surface area contributed by atoms with Gasteiger partial charge in [0.25, 0.3) is 0 Å². The van der Waals surface area contributed by atoms with Crippen LogP contribution >= 0.6 is 11.6 Å². The van der Waals surface area contributed by atoms with E-state index in [1.165, 1.54) is 0 Å². The Morgan fingerprint density at radius 1 is 1.45 bits per heavy atom. The van der Waals surface area contributed by atoms with E-state index in [2.05, 4.69) is 4.99 Å². The number of nitrogens with zero attached hydrogens (tertiary/aromatic N) is 1. The van der Waals surface area contributed by atoms with Crippen LogP contribution in [0.5, 0.6) is 0 Å². The Morgan fingerprint density at radius 2 is 2.00 bits per heavy atom. The van der Waals surface area contributed by atoms with Gasteiger partial charge in [-0.25, -0.2) is 4.79 Å². The number of aliphatic imine (C=N–C) groups is 1. The maximum absolute atomic E-state index is 10.5. The molecule has 0 unspecified atom stereocenters. The van der Waals surface area contributed by atoms with E-state index in [-0.39, 0.29) is 12.5 Å². The second kappa shape index (κ2) is 4.51. The molecule has 0 aromatic rings. The maximum atomic E-state index is 10.5. The lowest BCUT2D eigenvalue weighted by Gasteiger charge is -1.95. The second-order valence-electron chi connectivity index (χ2n) is 1.55. The number of halogens is 1. The van der Waals surface area contributed by atoms with Crippen molar-refractivity contribution in [1.29, 1.82) is 0 Å². The lowest BCUT2D eigenvalue weighted by molar-refractivity contribution is -0.110. The maximum Gasteiger partial charge on any atom is 0.344 e. The van der Waals surface area contributed by atoms with Crippen molar-refractivity contribution in [2.45, 2.75) is 0 Å². The van der Waals surface area contributed by atoms with Crippen molar-refractivity contribution in [2.75, 3.05) is 6.54 Å². The smallest absolute Gasteiger partial charge is 0.344 e. The van der Waals surface area contributed by atoms with E-state index in [9.17, 15) is 9.59 Å². The third-order valence-electron chi connectivity index (χ3n) is 0.609. The molecule has 0 aromatic heterocycles. The van der Waals surface area contributed by atoms with Gasteiger partial charge in [-0.2, -0.15) is 4.99 Å². The molecule has 7 heteroatoms. The average Bonchev–Trinajstić information content (AvgIpc) is 1.82. The molecular formula is C4H7ClN4O2. The van der Waals surface area contributed by atoms with E-state index in [0.717, 1.165) is 0 Å². The van der Waals surface area contributed by atoms with Gasteiger partial charge in [0.15, 0.2) is 5.96 Å². The SMILES string of the molecule is NC(N)=NC(=O)NCC(=O)Cl. The Morgan fingerprint density at radius 3 is 2.36 bits per heavy atom. The summed E-state index contributed by atoms with van der Waals surface area (Å²) in [6, 6.07) is -0.793. The van der Waals surface area contributed by atoms with E-state index in [0.29, 0.717) is 0 Å². The van der Waals surface area contributed by atoms with Gasteiger partial charge < -0.3 is 16.8 Å². The Bertz CT molecular complexity index is 198. The van der Waals surface area contributed by atoms with Crippen LogP contribution in [0.15, 0.2) is 4.99 Å². The molecule has 0 spiro atoms. The minimum Gasteiger partial charge on any atom is -0.370 e. The van der Waals surface area contributed by atoms with E-state index >= 15 is 0 Å². The van der Waals surface area contributed by atoms with Gasteiger partial charge in [-0.05, 0) is 11.6 Å². The molecule has 5 N–H and O–H groups in total. The Hall–Kier alpha value is -1.30. The number of guanidine groups is 1. The van der Waals surface area contributed by atoms with Crippen LogP contribution in [0.1, 0.15) is 0 Å². The van der Waals surface area contributed by atoms with Crippen LogP contribution in [-0.4, -0.2) is 23.8 Å². The normalized spacial score (nSPS) is 8.45. The van der Waals surface area contributed by atoms with Crippen molar-refractivity contribution in [2.24, 2.45) is 16.5 Å². The molecule has 0 aliphatic carbocycles. The minimum absolute atomic E-state index is 0.294. The van der Waals surface area contributed by atoms with Crippen LogP contribution in [0.2, 0.25) is 0 Å². The number of amides is 2. The molecule has 0 radical (unpaired) electrons. The highest BCUT2D eigenvalue weighted by molar-refractivity contribution is 6.64. The molecule has 0 aliphatic heterocycles. The molecule has 0 aromatic carbocycles. The number of nitrogens with two attached hydrogens (primary N) is 2. The summed E-state index contributed by atoms with van der Waals surface area (Å²) >= 11 is 4.89. The zero-order valence-electron chi connectivity index (χ0n) is 5.50. The van der Waals surface area contributed by atoms with E-state index in [1.807, 2.05) is 5.32 Å². The van der Waals surface area contributed by atoms with Crippen molar-refractivity contribution in [1.82, 2.24) is 5.32 Å². The van der Waals surface area contributed by atoms with Crippen molar-refractivity contribution in [3.05, 3.63) is 0 Å². The van der Waals surface area contributed by atoms with Crippen LogP contribution in [0, 0.1) is 0 Å². The summed E-state index contributed by atoms with van der Waals surface area (Å²) in [5.41, 5.74) is 9.70. The summed E-state index contributed by atoms with van der Waals surface area (Å²) in [5, 5.41) is 1.35. The standard InChI is InChI=1S/C4H7ClN4O2/c5-2(10)1-8-4(11)9-3(6)7/h1H2,(H5,6,7,8,9,11). The molecule has 0 saturated heterocycles. The first-order valence-electron chi connectivity index (χ1n) is 2.58. The molecule has 0 fully saturated rings. The van der Waals surface area contributed by atoms with Gasteiger partial charge in [0.2, 0.25) is 5.24 Å². The number of hydrogen-bond acceptors (Lipinski definition) is 2. The predicted molar refractivity (Wildman–Crippen MR) is 40.1 cm³/mol. The number of nitrogens with one attached hydrogen (secondary N) is 1. The van der Waals surface area contributed by atoms with Crippen LogP contribution in [0.3, 0.4) is 0 Å². The Kier molecular flexibility index (Phi) is 3.97. The van der Waals surface area contributed by atoms with E-state index < -0.39 is 11.3 Å². The minimum atomic E-state index is -0.793. The summed E-state index contributed by atoms with van der Waals surface area (Å²) < 4.78 is 0. The molecule has 0 rings (SSSR count). The van der Waals surface area contributed by atoms with Crippen molar-refractivity contribution >= 4 is 28.8 Å². The number of carbonyl (C=O) groups excluding carboxylic acids is 2. The van der Waals surface area contributed by atoms with Gasteiger partial charge in [-0.1, -0.05) is 0 Å². The molecule has 0 heterocycles. The van der Waals surface area contributed by atoms with Gasteiger partial charge >= 0.3 is 6.03 Å². The highest BCUT2D eigenvalue weighted by Gasteiger charge is 2.00. The number of urea groups is 1.